The van der Waals surface area contributed by atoms with E-state index in [1.54, 1.807) is 0 Å². The fourth-order valence-corrected chi connectivity index (χ4v) is 1.72. The first-order valence-corrected chi connectivity index (χ1v) is 5.81. The fraction of sp³-hybridized carbons (Fsp3) is 0.750. The Morgan fingerprint density at radius 1 is 0.929 bits per heavy atom. The van der Waals surface area contributed by atoms with Crippen LogP contribution in [0.2, 0.25) is 0 Å². The van der Waals surface area contributed by atoms with E-state index < -0.39 is 0 Å². The van der Waals surface area contributed by atoms with Crippen LogP contribution in [0.15, 0.2) is 12.2 Å². The number of carbonyl (C=O) groups is 1. The molecular weight excluding hydrogens is 174 g/mol. The van der Waals surface area contributed by atoms with Crippen LogP contribution >= 0.6 is 0 Å². The van der Waals surface area contributed by atoms with E-state index in [0.29, 0.717) is 13.0 Å². The second-order valence-corrected chi connectivity index (χ2v) is 3.94. The Bertz CT molecular complexity index is 187. The maximum atomic E-state index is 11.2. The molecule has 0 radical (unpaired) electrons. The highest BCUT2D eigenvalue weighted by Crippen LogP contribution is 2.09. The average molecular weight is 195 g/mol. The molecule has 1 heterocycles. The molecule has 1 amide bonds. The molecule has 0 atom stereocenters. The van der Waals surface area contributed by atoms with Gasteiger partial charge in [0.2, 0.25) is 5.91 Å². The summed E-state index contributed by atoms with van der Waals surface area (Å²) in [5.41, 5.74) is 0. The zero-order valence-corrected chi connectivity index (χ0v) is 8.93. The minimum atomic E-state index is 0.203. The van der Waals surface area contributed by atoms with Gasteiger partial charge in [0.05, 0.1) is 0 Å². The lowest BCUT2D eigenvalue weighted by molar-refractivity contribution is -0.121. The van der Waals surface area contributed by atoms with Crippen molar-refractivity contribution < 1.29 is 4.79 Å². The summed E-state index contributed by atoms with van der Waals surface area (Å²) < 4.78 is 0. The van der Waals surface area contributed by atoms with Gasteiger partial charge in [0.1, 0.15) is 0 Å². The standard InChI is InChI=1S/C12H21NO/c14-12-10-8-6-4-2-1-3-5-7-9-11-13-12/h7,9H,1-6,8,10-11H2,(H,13,14). The van der Waals surface area contributed by atoms with E-state index in [0.717, 1.165) is 12.8 Å². The third-order valence-corrected chi connectivity index (χ3v) is 2.61. The molecule has 0 bridgehead atoms. The van der Waals surface area contributed by atoms with Crippen LogP contribution in [0, 0.1) is 0 Å². The zero-order chi connectivity index (χ0) is 10.1. The van der Waals surface area contributed by atoms with Crippen molar-refractivity contribution >= 4 is 5.91 Å². The number of hydrogen-bond donors (Lipinski definition) is 1. The number of nitrogens with one attached hydrogen (secondary N) is 1. The topological polar surface area (TPSA) is 29.1 Å². The number of amides is 1. The van der Waals surface area contributed by atoms with Crippen molar-refractivity contribution in [3.63, 3.8) is 0 Å². The second kappa shape index (κ2) is 7.60. The molecule has 0 fully saturated rings. The Morgan fingerprint density at radius 2 is 1.64 bits per heavy atom. The van der Waals surface area contributed by atoms with Gasteiger partial charge in [-0.25, -0.2) is 0 Å². The van der Waals surface area contributed by atoms with Crippen LogP contribution in [0.25, 0.3) is 0 Å². The zero-order valence-electron chi connectivity index (χ0n) is 8.93. The van der Waals surface area contributed by atoms with Crippen molar-refractivity contribution in [2.24, 2.45) is 0 Å². The fourth-order valence-electron chi connectivity index (χ4n) is 1.72. The van der Waals surface area contributed by atoms with Gasteiger partial charge in [0.25, 0.3) is 0 Å². The van der Waals surface area contributed by atoms with E-state index in [9.17, 15) is 4.79 Å². The number of carbonyl (C=O) groups excluding carboxylic acids is 1. The second-order valence-electron chi connectivity index (χ2n) is 3.94. The summed E-state index contributed by atoms with van der Waals surface area (Å²) in [7, 11) is 0. The van der Waals surface area contributed by atoms with Crippen molar-refractivity contribution in [3.05, 3.63) is 12.2 Å². The minimum Gasteiger partial charge on any atom is -0.353 e. The maximum absolute atomic E-state index is 11.2. The van der Waals surface area contributed by atoms with Crippen molar-refractivity contribution in [2.45, 2.75) is 51.4 Å². The molecule has 1 aliphatic rings. The first-order valence-electron chi connectivity index (χ1n) is 5.81. The first-order chi connectivity index (χ1) is 6.89. The van der Waals surface area contributed by atoms with Crippen molar-refractivity contribution in [2.75, 3.05) is 6.54 Å². The van der Waals surface area contributed by atoms with Crippen LogP contribution < -0.4 is 5.32 Å². The van der Waals surface area contributed by atoms with Crippen LogP contribution in [0.3, 0.4) is 0 Å². The molecule has 0 saturated carbocycles. The highest BCUT2D eigenvalue weighted by molar-refractivity contribution is 5.75. The van der Waals surface area contributed by atoms with Gasteiger partial charge < -0.3 is 5.32 Å². The summed E-state index contributed by atoms with van der Waals surface area (Å²) >= 11 is 0. The van der Waals surface area contributed by atoms with E-state index in [1.807, 2.05) is 0 Å². The lowest BCUT2D eigenvalue weighted by Gasteiger charge is -2.01. The quantitative estimate of drug-likeness (QED) is 0.592. The van der Waals surface area contributed by atoms with E-state index in [2.05, 4.69) is 17.5 Å². The average Bonchev–Trinajstić information content (AvgIpc) is 2.20. The van der Waals surface area contributed by atoms with Gasteiger partial charge in [0.15, 0.2) is 0 Å². The van der Waals surface area contributed by atoms with Gasteiger partial charge in [-0.1, -0.05) is 37.8 Å². The third-order valence-electron chi connectivity index (χ3n) is 2.61. The van der Waals surface area contributed by atoms with E-state index in [1.165, 1.54) is 32.1 Å². The number of hydrogen-bond acceptors (Lipinski definition) is 1. The SMILES string of the molecule is O=C1CCCCCCCCC=CCN1. The van der Waals surface area contributed by atoms with Crippen molar-refractivity contribution in [3.8, 4) is 0 Å². The number of rotatable bonds is 0. The predicted molar refractivity (Wildman–Crippen MR) is 59.1 cm³/mol. The van der Waals surface area contributed by atoms with Crippen LogP contribution in [-0.4, -0.2) is 12.5 Å². The molecule has 2 heteroatoms. The summed E-state index contributed by atoms with van der Waals surface area (Å²) in [5, 5.41) is 2.90. The normalized spacial score (nSPS) is 21.6. The summed E-state index contributed by atoms with van der Waals surface area (Å²) in [6, 6.07) is 0. The van der Waals surface area contributed by atoms with Crippen LogP contribution in [0.4, 0.5) is 0 Å². The Kier molecular flexibility index (Phi) is 6.13. The molecule has 0 unspecified atom stereocenters. The lowest BCUT2D eigenvalue weighted by atomic mass is 10.1. The molecule has 14 heavy (non-hydrogen) atoms. The molecule has 0 saturated heterocycles. The van der Waals surface area contributed by atoms with Gasteiger partial charge in [0, 0.05) is 13.0 Å². The smallest absolute Gasteiger partial charge is 0.220 e. The predicted octanol–water partition coefficient (Wildman–Crippen LogP) is 2.79. The molecule has 0 aromatic heterocycles. The molecule has 1 N–H and O–H groups in total. The van der Waals surface area contributed by atoms with Crippen LogP contribution in [0.5, 0.6) is 0 Å². The summed E-state index contributed by atoms with van der Waals surface area (Å²) in [6.45, 7) is 0.707. The lowest BCUT2D eigenvalue weighted by Crippen LogP contribution is -2.22. The number of allylic oxidation sites excluding steroid dienone is 1. The molecule has 0 spiro atoms. The highest BCUT2D eigenvalue weighted by Gasteiger charge is 1.99. The largest absolute Gasteiger partial charge is 0.353 e. The molecular formula is C12H21NO. The van der Waals surface area contributed by atoms with Crippen molar-refractivity contribution in [1.82, 2.24) is 5.32 Å². The van der Waals surface area contributed by atoms with Gasteiger partial charge in [-0.2, -0.15) is 0 Å². The Morgan fingerprint density at radius 3 is 2.50 bits per heavy atom. The summed E-state index contributed by atoms with van der Waals surface area (Å²) in [6.07, 6.45) is 13.6. The van der Waals surface area contributed by atoms with Crippen LogP contribution in [0.1, 0.15) is 51.4 Å². The molecule has 1 aliphatic heterocycles. The van der Waals surface area contributed by atoms with Gasteiger partial charge in [-0.05, 0) is 19.3 Å². The van der Waals surface area contributed by atoms with Gasteiger partial charge in [-0.15, -0.1) is 0 Å². The first kappa shape index (κ1) is 11.3. The maximum Gasteiger partial charge on any atom is 0.220 e. The molecule has 80 valence electrons. The molecule has 1 rings (SSSR count). The minimum absolute atomic E-state index is 0.203. The molecule has 0 aliphatic carbocycles. The van der Waals surface area contributed by atoms with Gasteiger partial charge in [-0.3, -0.25) is 4.79 Å². The van der Waals surface area contributed by atoms with E-state index >= 15 is 0 Å². The molecule has 2 nitrogen and oxygen atoms in total. The van der Waals surface area contributed by atoms with Crippen molar-refractivity contribution in [1.29, 1.82) is 0 Å². The Labute approximate surface area is 86.8 Å². The summed E-state index contributed by atoms with van der Waals surface area (Å²) in [5.74, 6) is 0.203. The van der Waals surface area contributed by atoms with E-state index in [-0.39, 0.29) is 5.91 Å². The Balaban J connectivity index is 2.23. The van der Waals surface area contributed by atoms with Crippen LogP contribution in [-0.2, 0) is 4.79 Å². The van der Waals surface area contributed by atoms with E-state index in [4.69, 9.17) is 0 Å². The summed E-state index contributed by atoms with van der Waals surface area (Å²) in [4.78, 5) is 11.2. The Hall–Kier alpha value is -0.790. The monoisotopic (exact) mass is 195 g/mol. The molecule has 0 aromatic rings. The van der Waals surface area contributed by atoms with Gasteiger partial charge >= 0.3 is 0 Å². The molecule has 0 aromatic carbocycles. The highest BCUT2D eigenvalue weighted by atomic mass is 16.1. The third kappa shape index (κ3) is 5.79.